The molecular weight excluding hydrogens is 222 g/mol. The summed E-state index contributed by atoms with van der Waals surface area (Å²) in [5.74, 6) is 0.693. The van der Waals surface area contributed by atoms with Crippen molar-refractivity contribution in [3.8, 4) is 11.3 Å². The molecule has 0 saturated heterocycles. The molecule has 0 aliphatic heterocycles. The maximum absolute atomic E-state index is 4.60. The van der Waals surface area contributed by atoms with Gasteiger partial charge < -0.3 is 5.32 Å². The van der Waals surface area contributed by atoms with E-state index in [1.54, 1.807) is 0 Å². The van der Waals surface area contributed by atoms with E-state index in [-0.39, 0.29) is 0 Å². The Morgan fingerprint density at radius 2 is 1.89 bits per heavy atom. The SMILES string of the molecule is CCNc1ncc(C)c(-c2ccc(C)cc2C)n1. The molecule has 1 N–H and O–H groups in total. The zero-order valence-corrected chi connectivity index (χ0v) is 11.4. The van der Waals surface area contributed by atoms with Crippen molar-refractivity contribution in [1.29, 1.82) is 0 Å². The van der Waals surface area contributed by atoms with Crippen LogP contribution in [-0.4, -0.2) is 16.5 Å². The van der Waals surface area contributed by atoms with E-state index in [0.29, 0.717) is 5.95 Å². The average molecular weight is 241 g/mol. The second kappa shape index (κ2) is 5.17. The van der Waals surface area contributed by atoms with Crippen molar-refractivity contribution in [2.75, 3.05) is 11.9 Å². The van der Waals surface area contributed by atoms with Gasteiger partial charge in [0.25, 0.3) is 0 Å². The van der Waals surface area contributed by atoms with Gasteiger partial charge in [0, 0.05) is 18.3 Å². The molecule has 0 fully saturated rings. The molecule has 1 aromatic carbocycles. The molecule has 2 aromatic rings. The molecule has 0 bridgehead atoms. The van der Waals surface area contributed by atoms with Gasteiger partial charge in [0.05, 0.1) is 5.69 Å². The highest BCUT2D eigenvalue weighted by molar-refractivity contribution is 5.67. The third kappa shape index (κ3) is 2.50. The van der Waals surface area contributed by atoms with Crippen LogP contribution >= 0.6 is 0 Å². The van der Waals surface area contributed by atoms with Gasteiger partial charge in [-0.15, -0.1) is 0 Å². The summed E-state index contributed by atoms with van der Waals surface area (Å²) >= 11 is 0. The third-order valence-corrected chi connectivity index (χ3v) is 2.94. The molecule has 1 heterocycles. The Balaban J connectivity index is 2.51. The molecule has 0 unspecified atom stereocenters. The number of nitrogens with zero attached hydrogens (tertiary/aromatic N) is 2. The van der Waals surface area contributed by atoms with E-state index in [9.17, 15) is 0 Å². The predicted molar refractivity (Wildman–Crippen MR) is 75.8 cm³/mol. The highest BCUT2D eigenvalue weighted by Gasteiger charge is 2.08. The smallest absolute Gasteiger partial charge is 0.223 e. The second-order valence-electron chi connectivity index (χ2n) is 4.57. The molecule has 18 heavy (non-hydrogen) atoms. The van der Waals surface area contributed by atoms with Gasteiger partial charge in [0.1, 0.15) is 0 Å². The maximum Gasteiger partial charge on any atom is 0.223 e. The van der Waals surface area contributed by atoms with Crippen LogP contribution in [0.3, 0.4) is 0 Å². The summed E-state index contributed by atoms with van der Waals surface area (Å²) < 4.78 is 0. The topological polar surface area (TPSA) is 37.8 Å². The van der Waals surface area contributed by atoms with Crippen LogP contribution in [0.2, 0.25) is 0 Å². The van der Waals surface area contributed by atoms with Crippen molar-refractivity contribution in [3.63, 3.8) is 0 Å². The fourth-order valence-electron chi connectivity index (χ4n) is 2.04. The Bertz CT molecular complexity index is 562. The molecule has 0 aliphatic rings. The molecule has 0 spiro atoms. The number of aromatic nitrogens is 2. The number of benzene rings is 1. The first-order valence-corrected chi connectivity index (χ1v) is 6.27. The van der Waals surface area contributed by atoms with E-state index >= 15 is 0 Å². The Morgan fingerprint density at radius 1 is 1.11 bits per heavy atom. The molecule has 0 amide bonds. The molecule has 1 aromatic heterocycles. The van der Waals surface area contributed by atoms with Crippen LogP contribution in [0.25, 0.3) is 11.3 Å². The molecule has 3 nitrogen and oxygen atoms in total. The monoisotopic (exact) mass is 241 g/mol. The molecule has 0 atom stereocenters. The van der Waals surface area contributed by atoms with Crippen LogP contribution in [0.4, 0.5) is 5.95 Å². The molecule has 0 saturated carbocycles. The summed E-state index contributed by atoms with van der Waals surface area (Å²) in [6, 6.07) is 6.44. The Hall–Kier alpha value is -1.90. The summed E-state index contributed by atoms with van der Waals surface area (Å²) in [6.45, 7) is 9.14. The summed E-state index contributed by atoms with van der Waals surface area (Å²) in [4.78, 5) is 8.88. The number of hydrogen-bond donors (Lipinski definition) is 1. The minimum atomic E-state index is 0.693. The van der Waals surface area contributed by atoms with Gasteiger partial charge in [0.2, 0.25) is 5.95 Å². The zero-order chi connectivity index (χ0) is 13.1. The van der Waals surface area contributed by atoms with Gasteiger partial charge in [-0.3, -0.25) is 0 Å². The lowest BCUT2D eigenvalue weighted by Crippen LogP contribution is -2.04. The first-order valence-electron chi connectivity index (χ1n) is 6.27. The highest BCUT2D eigenvalue weighted by atomic mass is 15.1. The summed E-state index contributed by atoms with van der Waals surface area (Å²) in [6.07, 6.45) is 1.87. The van der Waals surface area contributed by atoms with Crippen molar-refractivity contribution in [2.45, 2.75) is 27.7 Å². The van der Waals surface area contributed by atoms with E-state index in [2.05, 4.69) is 47.3 Å². The van der Waals surface area contributed by atoms with Gasteiger partial charge in [-0.2, -0.15) is 0 Å². The van der Waals surface area contributed by atoms with Crippen molar-refractivity contribution in [2.24, 2.45) is 0 Å². The lowest BCUT2D eigenvalue weighted by atomic mass is 10.0. The maximum atomic E-state index is 4.60. The summed E-state index contributed by atoms with van der Waals surface area (Å²) in [7, 11) is 0. The minimum absolute atomic E-state index is 0.693. The predicted octanol–water partition coefficient (Wildman–Crippen LogP) is 3.50. The third-order valence-electron chi connectivity index (χ3n) is 2.94. The van der Waals surface area contributed by atoms with Crippen LogP contribution in [-0.2, 0) is 0 Å². The largest absolute Gasteiger partial charge is 0.354 e. The Morgan fingerprint density at radius 3 is 2.56 bits per heavy atom. The lowest BCUT2D eigenvalue weighted by molar-refractivity contribution is 1.07. The summed E-state index contributed by atoms with van der Waals surface area (Å²) in [5.41, 5.74) is 5.82. The number of aryl methyl sites for hydroxylation is 3. The normalized spacial score (nSPS) is 10.4. The van der Waals surface area contributed by atoms with Gasteiger partial charge in [-0.25, -0.2) is 9.97 Å². The zero-order valence-electron chi connectivity index (χ0n) is 11.4. The van der Waals surface area contributed by atoms with Gasteiger partial charge in [-0.05, 0) is 38.8 Å². The Kier molecular flexibility index (Phi) is 3.60. The van der Waals surface area contributed by atoms with Crippen LogP contribution in [0.1, 0.15) is 23.6 Å². The van der Waals surface area contributed by atoms with E-state index in [1.165, 1.54) is 16.7 Å². The average Bonchev–Trinajstić information content (AvgIpc) is 2.33. The number of anilines is 1. The molecule has 0 aliphatic carbocycles. The van der Waals surface area contributed by atoms with E-state index in [4.69, 9.17) is 0 Å². The summed E-state index contributed by atoms with van der Waals surface area (Å²) in [5, 5.41) is 3.15. The molecule has 3 heteroatoms. The first-order chi connectivity index (χ1) is 8.61. The first kappa shape index (κ1) is 12.6. The van der Waals surface area contributed by atoms with Crippen molar-refractivity contribution in [3.05, 3.63) is 41.1 Å². The van der Waals surface area contributed by atoms with Crippen LogP contribution in [0.5, 0.6) is 0 Å². The molecule has 2 rings (SSSR count). The van der Waals surface area contributed by atoms with Crippen LogP contribution in [0.15, 0.2) is 24.4 Å². The Labute approximate surface area is 108 Å². The van der Waals surface area contributed by atoms with Crippen LogP contribution in [0, 0.1) is 20.8 Å². The van der Waals surface area contributed by atoms with Gasteiger partial charge in [0.15, 0.2) is 0 Å². The van der Waals surface area contributed by atoms with Gasteiger partial charge in [-0.1, -0.05) is 23.8 Å². The van der Waals surface area contributed by atoms with Crippen molar-refractivity contribution < 1.29 is 0 Å². The minimum Gasteiger partial charge on any atom is -0.354 e. The number of rotatable bonds is 3. The van der Waals surface area contributed by atoms with Crippen LogP contribution < -0.4 is 5.32 Å². The van der Waals surface area contributed by atoms with E-state index in [1.807, 2.05) is 20.0 Å². The molecule has 0 radical (unpaired) electrons. The quantitative estimate of drug-likeness (QED) is 0.893. The lowest BCUT2D eigenvalue weighted by Gasteiger charge is -2.11. The second-order valence-corrected chi connectivity index (χ2v) is 4.57. The van der Waals surface area contributed by atoms with Gasteiger partial charge >= 0.3 is 0 Å². The fourth-order valence-corrected chi connectivity index (χ4v) is 2.04. The molecule has 94 valence electrons. The number of nitrogens with one attached hydrogen (secondary N) is 1. The van der Waals surface area contributed by atoms with E-state index < -0.39 is 0 Å². The highest BCUT2D eigenvalue weighted by Crippen LogP contribution is 2.25. The fraction of sp³-hybridized carbons (Fsp3) is 0.333. The number of hydrogen-bond acceptors (Lipinski definition) is 3. The van der Waals surface area contributed by atoms with Crippen molar-refractivity contribution in [1.82, 2.24) is 9.97 Å². The van der Waals surface area contributed by atoms with Crippen molar-refractivity contribution >= 4 is 5.95 Å². The standard InChI is InChI=1S/C15H19N3/c1-5-16-15-17-9-12(4)14(18-15)13-7-6-10(2)8-11(13)3/h6-9H,5H2,1-4H3,(H,16,17,18). The van der Waals surface area contributed by atoms with E-state index in [0.717, 1.165) is 17.8 Å². The molecular formula is C15H19N3.